The number of benzene rings is 3. The van der Waals surface area contributed by atoms with E-state index in [4.69, 9.17) is 4.74 Å². The second-order valence-electron chi connectivity index (χ2n) is 9.88. The van der Waals surface area contributed by atoms with Gasteiger partial charge in [0, 0.05) is 31.7 Å². The van der Waals surface area contributed by atoms with Gasteiger partial charge in [-0.05, 0) is 61.4 Å². The SMILES string of the molecule is Cc1cccc(-c2cccc(C(=O)NCC3CCC4(CCN(Cc5ccccc5)CC4)O3)c2)c1. The van der Waals surface area contributed by atoms with Crippen molar-refractivity contribution in [3.63, 3.8) is 0 Å². The van der Waals surface area contributed by atoms with Crippen LogP contribution in [0.2, 0.25) is 0 Å². The Morgan fingerprint density at radius 2 is 1.68 bits per heavy atom. The Balaban J connectivity index is 1.12. The van der Waals surface area contributed by atoms with Crippen LogP contribution in [0.1, 0.15) is 47.2 Å². The number of aryl methyl sites for hydroxylation is 1. The van der Waals surface area contributed by atoms with Crippen molar-refractivity contribution >= 4 is 5.91 Å². The van der Waals surface area contributed by atoms with Crippen molar-refractivity contribution in [2.24, 2.45) is 0 Å². The topological polar surface area (TPSA) is 41.6 Å². The van der Waals surface area contributed by atoms with Gasteiger partial charge < -0.3 is 10.1 Å². The highest BCUT2D eigenvalue weighted by Crippen LogP contribution is 2.39. The van der Waals surface area contributed by atoms with Gasteiger partial charge in [-0.3, -0.25) is 9.69 Å². The molecule has 1 N–H and O–H groups in total. The second-order valence-corrected chi connectivity index (χ2v) is 9.88. The molecule has 0 saturated carbocycles. The lowest BCUT2D eigenvalue weighted by Crippen LogP contribution is -2.44. The predicted octanol–water partition coefficient (Wildman–Crippen LogP) is 5.61. The van der Waals surface area contributed by atoms with Crippen molar-refractivity contribution in [1.29, 1.82) is 0 Å². The fraction of sp³-hybridized carbons (Fsp3) is 0.367. The summed E-state index contributed by atoms with van der Waals surface area (Å²) in [5.74, 6) is -0.0308. The number of ether oxygens (including phenoxy) is 1. The molecule has 4 nitrogen and oxygen atoms in total. The van der Waals surface area contributed by atoms with Gasteiger partial charge in [-0.2, -0.15) is 0 Å². The average Bonchev–Trinajstić information content (AvgIpc) is 3.27. The van der Waals surface area contributed by atoms with Crippen LogP contribution in [0.5, 0.6) is 0 Å². The zero-order chi connectivity index (χ0) is 23.4. The molecule has 5 rings (SSSR count). The van der Waals surface area contributed by atoms with E-state index >= 15 is 0 Å². The van der Waals surface area contributed by atoms with Crippen molar-refractivity contribution in [3.05, 3.63) is 95.6 Å². The number of hydrogen-bond donors (Lipinski definition) is 1. The van der Waals surface area contributed by atoms with E-state index in [0.717, 1.165) is 56.4 Å². The molecule has 0 bridgehead atoms. The number of piperidine rings is 1. The van der Waals surface area contributed by atoms with Crippen LogP contribution in [0.4, 0.5) is 0 Å². The average molecular weight is 455 g/mol. The molecule has 0 aromatic heterocycles. The number of carbonyl (C=O) groups excluding carboxylic acids is 1. The summed E-state index contributed by atoms with van der Waals surface area (Å²) in [4.78, 5) is 15.4. The minimum atomic E-state index is -0.0308. The molecule has 2 aliphatic rings. The second kappa shape index (κ2) is 10.1. The molecule has 2 aliphatic heterocycles. The zero-order valence-corrected chi connectivity index (χ0v) is 20.0. The summed E-state index contributed by atoms with van der Waals surface area (Å²) >= 11 is 0. The number of amides is 1. The maximum absolute atomic E-state index is 12.9. The van der Waals surface area contributed by atoms with E-state index in [9.17, 15) is 4.79 Å². The number of carbonyl (C=O) groups is 1. The first-order valence-electron chi connectivity index (χ1n) is 12.5. The molecule has 176 valence electrons. The van der Waals surface area contributed by atoms with Crippen LogP contribution in [-0.2, 0) is 11.3 Å². The summed E-state index contributed by atoms with van der Waals surface area (Å²) < 4.78 is 6.54. The molecular formula is C30H34N2O2. The Labute approximate surface area is 202 Å². The Morgan fingerprint density at radius 1 is 0.941 bits per heavy atom. The lowest BCUT2D eigenvalue weighted by molar-refractivity contribution is -0.0764. The number of nitrogens with zero attached hydrogens (tertiary/aromatic N) is 1. The normalized spacial score (nSPS) is 19.9. The van der Waals surface area contributed by atoms with Crippen molar-refractivity contribution < 1.29 is 9.53 Å². The van der Waals surface area contributed by atoms with Crippen LogP contribution in [0.15, 0.2) is 78.9 Å². The minimum absolute atomic E-state index is 0.00628. The third-order valence-electron chi connectivity index (χ3n) is 7.32. The van der Waals surface area contributed by atoms with Crippen molar-refractivity contribution in [2.45, 2.75) is 50.9 Å². The minimum Gasteiger partial charge on any atom is -0.370 e. The highest BCUT2D eigenvalue weighted by molar-refractivity contribution is 5.95. The maximum Gasteiger partial charge on any atom is 0.251 e. The third kappa shape index (κ3) is 5.40. The van der Waals surface area contributed by atoms with Gasteiger partial charge in [-0.15, -0.1) is 0 Å². The monoisotopic (exact) mass is 454 g/mol. The molecule has 1 unspecified atom stereocenters. The zero-order valence-electron chi connectivity index (χ0n) is 20.0. The Hall–Kier alpha value is -2.95. The summed E-state index contributed by atoms with van der Waals surface area (Å²) in [6.45, 7) is 5.81. The van der Waals surface area contributed by atoms with Gasteiger partial charge in [0.15, 0.2) is 0 Å². The first-order chi connectivity index (χ1) is 16.6. The molecule has 3 aromatic carbocycles. The standard InChI is InChI=1S/C30H34N2O2/c1-23-7-5-10-25(19-23)26-11-6-12-27(20-26)29(33)31-21-28-13-14-30(34-28)15-17-32(18-16-30)22-24-8-3-2-4-9-24/h2-12,19-20,28H,13-18,21-22H2,1H3,(H,31,33). The van der Waals surface area contributed by atoms with Gasteiger partial charge in [0.25, 0.3) is 5.91 Å². The van der Waals surface area contributed by atoms with E-state index in [2.05, 4.69) is 77.8 Å². The van der Waals surface area contributed by atoms with Crippen LogP contribution in [0.3, 0.4) is 0 Å². The van der Waals surface area contributed by atoms with E-state index in [1.54, 1.807) is 0 Å². The number of hydrogen-bond acceptors (Lipinski definition) is 3. The van der Waals surface area contributed by atoms with E-state index in [-0.39, 0.29) is 17.6 Å². The van der Waals surface area contributed by atoms with Gasteiger partial charge in [-0.1, -0.05) is 72.3 Å². The number of nitrogens with one attached hydrogen (secondary N) is 1. The molecule has 3 aromatic rings. The molecule has 1 spiro atoms. The smallest absolute Gasteiger partial charge is 0.251 e. The first-order valence-corrected chi connectivity index (χ1v) is 12.5. The quantitative estimate of drug-likeness (QED) is 0.527. The van der Waals surface area contributed by atoms with Crippen LogP contribution < -0.4 is 5.32 Å². The molecule has 2 saturated heterocycles. The molecule has 34 heavy (non-hydrogen) atoms. The first kappa shape index (κ1) is 22.8. The van der Waals surface area contributed by atoms with Gasteiger partial charge in [0.2, 0.25) is 0 Å². The lowest BCUT2D eigenvalue weighted by atomic mass is 9.88. The lowest BCUT2D eigenvalue weighted by Gasteiger charge is -2.39. The molecule has 0 radical (unpaired) electrons. The summed E-state index contributed by atoms with van der Waals surface area (Å²) in [7, 11) is 0. The van der Waals surface area contributed by atoms with Crippen molar-refractivity contribution in [3.8, 4) is 11.1 Å². The van der Waals surface area contributed by atoms with E-state index in [1.807, 2.05) is 18.2 Å². The number of likely N-dealkylation sites (tertiary alicyclic amines) is 1. The van der Waals surface area contributed by atoms with E-state index in [0.29, 0.717) is 12.1 Å². The van der Waals surface area contributed by atoms with E-state index < -0.39 is 0 Å². The van der Waals surface area contributed by atoms with Crippen LogP contribution in [0, 0.1) is 6.92 Å². The molecule has 4 heteroatoms. The fourth-order valence-corrected chi connectivity index (χ4v) is 5.34. The summed E-state index contributed by atoms with van der Waals surface area (Å²) in [6, 6.07) is 26.9. The highest BCUT2D eigenvalue weighted by atomic mass is 16.5. The van der Waals surface area contributed by atoms with Gasteiger partial charge >= 0.3 is 0 Å². The molecule has 0 aliphatic carbocycles. The summed E-state index contributed by atoms with van der Waals surface area (Å²) in [5.41, 5.74) is 5.47. The highest BCUT2D eigenvalue weighted by Gasteiger charge is 2.42. The van der Waals surface area contributed by atoms with Crippen LogP contribution in [-0.4, -0.2) is 42.1 Å². The summed E-state index contributed by atoms with van der Waals surface area (Å²) in [6.07, 6.45) is 4.35. The predicted molar refractivity (Wildman–Crippen MR) is 137 cm³/mol. The van der Waals surface area contributed by atoms with Gasteiger partial charge in [0.05, 0.1) is 11.7 Å². The Kier molecular flexibility index (Phi) is 6.80. The largest absolute Gasteiger partial charge is 0.370 e. The Morgan fingerprint density at radius 3 is 2.44 bits per heavy atom. The van der Waals surface area contributed by atoms with E-state index in [1.165, 1.54) is 11.1 Å². The molecule has 2 heterocycles. The molecular weight excluding hydrogens is 420 g/mol. The van der Waals surface area contributed by atoms with Gasteiger partial charge in [0.1, 0.15) is 0 Å². The third-order valence-corrected chi connectivity index (χ3v) is 7.32. The van der Waals surface area contributed by atoms with Crippen LogP contribution >= 0.6 is 0 Å². The fourth-order valence-electron chi connectivity index (χ4n) is 5.34. The van der Waals surface area contributed by atoms with Gasteiger partial charge in [-0.25, -0.2) is 0 Å². The van der Waals surface area contributed by atoms with Crippen LogP contribution in [0.25, 0.3) is 11.1 Å². The molecule has 1 atom stereocenters. The maximum atomic E-state index is 12.9. The molecule has 2 fully saturated rings. The number of rotatable bonds is 6. The summed E-state index contributed by atoms with van der Waals surface area (Å²) in [5, 5.41) is 3.12. The Bertz CT molecular complexity index is 1120. The van der Waals surface area contributed by atoms with Crippen molar-refractivity contribution in [2.75, 3.05) is 19.6 Å². The molecule has 1 amide bonds. The van der Waals surface area contributed by atoms with Crippen molar-refractivity contribution in [1.82, 2.24) is 10.2 Å².